The van der Waals surface area contributed by atoms with Gasteiger partial charge in [0.05, 0.1) is 16.8 Å². The molecule has 1 atom stereocenters. The van der Waals surface area contributed by atoms with Crippen molar-refractivity contribution in [3.63, 3.8) is 0 Å². The van der Waals surface area contributed by atoms with E-state index in [4.69, 9.17) is 0 Å². The standard InChI is InChI=1S/C19H15FN2O3/c20-14-8-3-1-6-12(14)18(24)22-15-9-4-2-7-13(15)17(23)21-11-5-10-16(21)19(22)25/h1-4,6-9,16H,5,10-11H2/t16-/m0/s1. The van der Waals surface area contributed by atoms with Gasteiger partial charge in [-0.15, -0.1) is 0 Å². The molecule has 0 aromatic heterocycles. The lowest BCUT2D eigenvalue weighted by Gasteiger charge is -2.24. The van der Waals surface area contributed by atoms with E-state index in [9.17, 15) is 18.8 Å². The van der Waals surface area contributed by atoms with Crippen LogP contribution in [-0.4, -0.2) is 35.2 Å². The highest BCUT2D eigenvalue weighted by Crippen LogP contribution is 2.33. The number of nitrogens with zero attached hydrogens (tertiary/aromatic N) is 2. The Morgan fingerprint density at radius 3 is 2.56 bits per heavy atom. The highest BCUT2D eigenvalue weighted by atomic mass is 19.1. The topological polar surface area (TPSA) is 57.7 Å². The maximum absolute atomic E-state index is 14.1. The number of para-hydroxylation sites is 1. The summed E-state index contributed by atoms with van der Waals surface area (Å²) in [6, 6.07) is 11.3. The lowest BCUT2D eigenvalue weighted by Crippen LogP contribution is -2.47. The van der Waals surface area contributed by atoms with E-state index < -0.39 is 23.7 Å². The molecule has 6 heteroatoms. The summed E-state index contributed by atoms with van der Waals surface area (Å²) in [6.07, 6.45) is 1.20. The Morgan fingerprint density at radius 2 is 1.76 bits per heavy atom. The zero-order valence-electron chi connectivity index (χ0n) is 13.3. The Hall–Kier alpha value is -3.02. The molecule has 1 saturated heterocycles. The molecule has 3 amide bonds. The maximum Gasteiger partial charge on any atom is 0.268 e. The van der Waals surface area contributed by atoms with Gasteiger partial charge in [-0.2, -0.15) is 0 Å². The van der Waals surface area contributed by atoms with Crippen LogP contribution in [-0.2, 0) is 4.79 Å². The van der Waals surface area contributed by atoms with Gasteiger partial charge in [0, 0.05) is 6.54 Å². The van der Waals surface area contributed by atoms with Crippen LogP contribution >= 0.6 is 0 Å². The van der Waals surface area contributed by atoms with E-state index in [-0.39, 0.29) is 22.7 Å². The van der Waals surface area contributed by atoms with Crippen molar-refractivity contribution < 1.29 is 18.8 Å². The minimum absolute atomic E-state index is 0.190. The first kappa shape index (κ1) is 15.5. The molecule has 2 heterocycles. The number of hydrogen-bond acceptors (Lipinski definition) is 3. The Labute approximate surface area is 143 Å². The van der Waals surface area contributed by atoms with Crippen LogP contribution in [0.15, 0.2) is 48.5 Å². The number of imide groups is 1. The minimum atomic E-state index is -0.753. The maximum atomic E-state index is 14.1. The normalized spacial score (nSPS) is 19.5. The number of fused-ring (bicyclic) bond motifs is 2. The number of anilines is 1. The fourth-order valence-electron chi connectivity index (χ4n) is 3.50. The van der Waals surface area contributed by atoms with Crippen LogP contribution in [0.5, 0.6) is 0 Å². The van der Waals surface area contributed by atoms with Crippen molar-refractivity contribution in [3.8, 4) is 0 Å². The number of amides is 3. The van der Waals surface area contributed by atoms with Crippen LogP contribution in [0.3, 0.4) is 0 Å². The molecule has 0 N–H and O–H groups in total. The molecule has 0 radical (unpaired) electrons. The quantitative estimate of drug-likeness (QED) is 0.751. The molecule has 0 aliphatic carbocycles. The Bertz CT molecular complexity index is 896. The number of halogens is 1. The van der Waals surface area contributed by atoms with Crippen LogP contribution < -0.4 is 4.90 Å². The van der Waals surface area contributed by atoms with E-state index >= 15 is 0 Å². The van der Waals surface area contributed by atoms with Gasteiger partial charge in [0.25, 0.3) is 17.7 Å². The second-order valence-electron chi connectivity index (χ2n) is 6.13. The molecule has 0 spiro atoms. The molecule has 2 aliphatic heterocycles. The predicted molar refractivity (Wildman–Crippen MR) is 88.7 cm³/mol. The van der Waals surface area contributed by atoms with E-state index in [1.165, 1.54) is 29.2 Å². The highest BCUT2D eigenvalue weighted by molar-refractivity contribution is 6.26. The van der Waals surface area contributed by atoms with E-state index in [0.29, 0.717) is 19.4 Å². The first-order valence-electron chi connectivity index (χ1n) is 8.12. The fourth-order valence-corrected chi connectivity index (χ4v) is 3.50. The van der Waals surface area contributed by atoms with Crippen molar-refractivity contribution in [3.05, 3.63) is 65.5 Å². The van der Waals surface area contributed by atoms with Gasteiger partial charge in [-0.05, 0) is 37.1 Å². The first-order valence-corrected chi connectivity index (χ1v) is 8.12. The third-order valence-electron chi connectivity index (χ3n) is 4.70. The Balaban J connectivity index is 1.89. The number of hydrogen-bond donors (Lipinski definition) is 0. The number of benzene rings is 2. The minimum Gasteiger partial charge on any atom is -0.327 e. The van der Waals surface area contributed by atoms with E-state index in [2.05, 4.69) is 0 Å². The highest BCUT2D eigenvalue weighted by Gasteiger charge is 2.44. The van der Waals surface area contributed by atoms with Gasteiger partial charge < -0.3 is 4.90 Å². The summed E-state index contributed by atoms with van der Waals surface area (Å²) in [5, 5.41) is 0. The predicted octanol–water partition coefficient (Wildman–Crippen LogP) is 2.62. The van der Waals surface area contributed by atoms with Crippen LogP contribution in [0.4, 0.5) is 10.1 Å². The summed E-state index contributed by atoms with van der Waals surface area (Å²) in [4.78, 5) is 41.3. The zero-order valence-corrected chi connectivity index (χ0v) is 13.3. The summed E-state index contributed by atoms with van der Waals surface area (Å²) in [5.41, 5.74) is 0.301. The monoisotopic (exact) mass is 338 g/mol. The van der Waals surface area contributed by atoms with E-state index in [0.717, 1.165) is 4.90 Å². The third-order valence-corrected chi connectivity index (χ3v) is 4.70. The average molecular weight is 338 g/mol. The average Bonchev–Trinajstić information content (AvgIpc) is 3.09. The van der Waals surface area contributed by atoms with Gasteiger partial charge in [-0.25, -0.2) is 9.29 Å². The Kier molecular flexibility index (Phi) is 3.60. The molecule has 4 rings (SSSR count). The zero-order chi connectivity index (χ0) is 17.6. The summed E-state index contributed by atoms with van der Waals surface area (Å²) in [7, 11) is 0. The molecule has 0 bridgehead atoms. The largest absolute Gasteiger partial charge is 0.327 e. The van der Waals surface area contributed by atoms with Crippen molar-refractivity contribution in [2.45, 2.75) is 18.9 Å². The summed E-state index contributed by atoms with van der Waals surface area (Å²) < 4.78 is 14.1. The van der Waals surface area contributed by atoms with E-state index in [1.807, 2.05) is 0 Å². The van der Waals surface area contributed by atoms with Crippen LogP contribution in [0.2, 0.25) is 0 Å². The summed E-state index contributed by atoms with van der Waals surface area (Å²) >= 11 is 0. The molecule has 2 aliphatic rings. The van der Waals surface area contributed by atoms with Gasteiger partial charge in [-0.1, -0.05) is 24.3 Å². The summed E-state index contributed by atoms with van der Waals surface area (Å²) in [6.45, 7) is 0.477. The molecule has 1 fully saturated rings. The molecule has 126 valence electrons. The molecular weight excluding hydrogens is 323 g/mol. The molecule has 2 aromatic rings. The second-order valence-corrected chi connectivity index (χ2v) is 6.13. The molecule has 25 heavy (non-hydrogen) atoms. The molecular formula is C19H15FN2O3. The van der Waals surface area contributed by atoms with Crippen molar-refractivity contribution in [2.24, 2.45) is 0 Å². The van der Waals surface area contributed by atoms with Crippen molar-refractivity contribution in [2.75, 3.05) is 11.4 Å². The van der Waals surface area contributed by atoms with Crippen LogP contribution in [0.25, 0.3) is 0 Å². The van der Waals surface area contributed by atoms with Crippen molar-refractivity contribution in [1.29, 1.82) is 0 Å². The molecule has 2 aromatic carbocycles. The third kappa shape index (κ3) is 2.33. The fraction of sp³-hybridized carbons (Fsp3) is 0.211. The number of carbonyl (C=O) groups is 3. The number of rotatable bonds is 1. The van der Waals surface area contributed by atoms with Gasteiger partial charge in [0.1, 0.15) is 11.9 Å². The van der Waals surface area contributed by atoms with Gasteiger partial charge in [-0.3, -0.25) is 14.4 Å². The van der Waals surface area contributed by atoms with Crippen molar-refractivity contribution in [1.82, 2.24) is 4.90 Å². The molecule has 0 unspecified atom stereocenters. The summed E-state index contributed by atoms with van der Waals surface area (Å²) in [5.74, 6) is -2.20. The van der Waals surface area contributed by atoms with Crippen molar-refractivity contribution >= 4 is 23.4 Å². The first-order chi connectivity index (χ1) is 12.1. The SMILES string of the molecule is O=C(c1ccccc1F)N1C(=O)[C@@H]2CCCN2C(=O)c2ccccc21. The van der Waals surface area contributed by atoms with E-state index in [1.54, 1.807) is 24.3 Å². The smallest absolute Gasteiger partial charge is 0.268 e. The second kappa shape index (κ2) is 5.81. The van der Waals surface area contributed by atoms with Gasteiger partial charge in [0.2, 0.25) is 0 Å². The molecule has 5 nitrogen and oxygen atoms in total. The molecule has 0 saturated carbocycles. The van der Waals surface area contributed by atoms with Gasteiger partial charge >= 0.3 is 0 Å². The van der Waals surface area contributed by atoms with Gasteiger partial charge in [0.15, 0.2) is 0 Å². The lowest BCUT2D eigenvalue weighted by molar-refractivity contribution is -0.121. The van der Waals surface area contributed by atoms with Crippen LogP contribution in [0.1, 0.15) is 33.6 Å². The number of carbonyl (C=O) groups excluding carboxylic acids is 3. The lowest BCUT2D eigenvalue weighted by atomic mass is 10.1. The Morgan fingerprint density at radius 1 is 1.04 bits per heavy atom. The van der Waals surface area contributed by atoms with Crippen LogP contribution in [0, 0.1) is 5.82 Å².